The van der Waals surface area contributed by atoms with Gasteiger partial charge in [-0.25, -0.2) is 13.2 Å². The monoisotopic (exact) mass is 470 g/mol. The Hall–Kier alpha value is -2.79. The molecule has 11 heteroatoms. The van der Waals surface area contributed by atoms with Crippen LogP contribution >= 0.6 is 15.9 Å². The standard InChI is InChI=1S/C17H15BrN2O7S/c1-9-11-6-12(15(26-8-17(21)22)7-14(11)27-19-9)20-28(23,24)16-5-10(18)3-4-13(16)25-2/h3-7,20H,8H2,1-2H3,(H,21,22). The summed E-state index contributed by atoms with van der Waals surface area (Å²) in [7, 11) is -2.73. The number of carbonyl (C=O) groups is 1. The minimum absolute atomic E-state index is 0.0106. The van der Waals surface area contributed by atoms with Gasteiger partial charge < -0.3 is 19.1 Å². The van der Waals surface area contributed by atoms with Crippen molar-refractivity contribution in [1.82, 2.24) is 5.16 Å². The molecular formula is C17H15BrN2O7S. The lowest BCUT2D eigenvalue weighted by Gasteiger charge is -2.15. The fraction of sp³-hybridized carbons (Fsp3) is 0.176. The van der Waals surface area contributed by atoms with E-state index < -0.39 is 22.6 Å². The molecule has 0 bridgehead atoms. The van der Waals surface area contributed by atoms with Gasteiger partial charge in [-0.05, 0) is 31.2 Å². The van der Waals surface area contributed by atoms with Crippen molar-refractivity contribution in [1.29, 1.82) is 0 Å². The zero-order valence-electron chi connectivity index (χ0n) is 14.7. The van der Waals surface area contributed by atoms with Crippen LogP contribution in [0.4, 0.5) is 5.69 Å². The van der Waals surface area contributed by atoms with Gasteiger partial charge in [0.25, 0.3) is 10.0 Å². The number of fused-ring (bicyclic) bond motifs is 1. The summed E-state index contributed by atoms with van der Waals surface area (Å²) in [6.07, 6.45) is 0. The van der Waals surface area contributed by atoms with Gasteiger partial charge in [-0.2, -0.15) is 0 Å². The van der Waals surface area contributed by atoms with E-state index in [1.54, 1.807) is 13.0 Å². The lowest BCUT2D eigenvalue weighted by atomic mass is 10.2. The number of carboxylic acids is 1. The Balaban J connectivity index is 2.09. The number of sulfonamides is 1. The van der Waals surface area contributed by atoms with E-state index in [1.165, 1.54) is 31.4 Å². The predicted octanol–water partition coefficient (Wildman–Crippen LogP) is 3.17. The first kappa shape index (κ1) is 20.0. The summed E-state index contributed by atoms with van der Waals surface area (Å²) < 4.78 is 44.4. The molecule has 0 saturated heterocycles. The zero-order valence-corrected chi connectivity index (χ0v) is 17.1. The Bertz CT molecular complexity index is 1160. The van der Waals surface area contributed by atoms with Crippen molar-refractivity contribution in [2.24, 2.45) is 0 Å². The summed E-state index contributed by atoms with van der Waals surface area (Å²) in [4.78, 5) is 10.8. The maximum Gasteiger partial charge on any atom is 0.341 e. The quantitative estimate of drug-likeness (QED) is 0.538. The van der Waals surface area contributed by atoms with Crippen LogP contribution in [0.3, 0.4) is 0 Å². The molecule has 0 aliphatic heterocycles. The van der Waals surface area contributed by atoms with Crippen LogP contribution in [0.5, 0.6) is 11.5 Å². The van der Waals surface area contributed by atoms with E-state index in [2.05, 4.69) is 25.8 Å². The van der Waals surface area contributed by atoms with Crippen LogP contribution in [0.1, 0.15) is 5.69 Å². The number of hydrogen-bond donors (Lipinski definition) is 2. The Kier molecular flexibility index (Phi) is 5.47. The normalized spacial score (nSPS) is 11.4. The summed E-state index contributed by atoms with van der Waals surface area (Å²) in [6, 6.07) is 7.40. The molecule has 0 saturated carbocycles. The SMILES string of the molecule is COc1ccc(Br)cc1S(=O)(=O)Nc1cc2c(C)noc2cc1OCC(=O)O. The van der Waals surface area contributed by atoms with E-state index in [9.17, 15) is 13.2 Å². The van der Waals surface area contributed by atoms with Crippen LogP contribution < -0.4 is 14.2 Å². The summed E-state index contributed by atoms with van der Waals surface area (Å²) in [5.41, 5.74) is 0.920. The highest BCUT2D eigenvalue weighted by atomic mass is 79.9. The minimum Gasteiger partial charge on any atom is -0.495 e. The Morgan fingerprint density at radius 2 is 2.04 bits per heavy atom. The Labute approximate surface area is 168 Å². The van der Waals surface area contributed by atoms with E-state index in [4.69, 9.17) is 19.1 Å². The largest absolute Gasteiger partial charge is 0.495 e. The second-order valence-electron chi connectivity index (χ2n) is 5.70. The lowest BCUT2D eigenvalue weighted by Crippen LogP contribution is -2.16. The Morgan fingerprint density at radius 3 is 2.71 bits per heavy atom. The van der Waals surface area contributed by atoms with Crippen molar-refractivity contribution in [2.75, 3.05) is 18.4 Å². The topological polar surface area (TPSA) is 128 Å². The average molecular weight is 471 g/mol. The molecule has 0 unspecified atom stereocenters. The molecule has 0 radical (unpaired) electrons. The zero-order chi connectivity index (χ0) is 20.5. The van der Waals surface area contributed by atoms with Crippen molar-refractivity contribution in [3.63, 3.8) is 0 Å². The van der Waals surface area contributed by atoms with Crippen molar-refractivity contribution < 1.29 is 32.3 Å². The molecule has 0 amide bonds. The van der Waals surface area contributed by atoms with E-state index in [-0.39, 0.29) is 22.1 Å². The molecule has 0 aliphatic carbocycles. The molecule has 0 spiro atoms. The number of aliphatic carboxylic acids is 1. The number of aryl methyl sites for hydroxylation is 1. The van der Waals surface area contributed by atoms with Gasteiger partial charge in [0.2, 0.25) is 0 Å². The fourth-order valence-corrected chi connectivity index (χ4v) is 4.26. The number of aromatic nitrogens is 1. The molecule has 28 heavy (non-hydrogen) atoms. The highest BCUT2D eigenvalue weighted by molar-refractivity contribution is 9.10. The van der Waals surface area contributed by atoms with Gasteiger partial charge in [-0.3, -0.25) is 4.72 Å². The van der Waals surface area contributed by atoms with Gasteiger partial charge in [0.05, 0.1) is 18.5 Å². The van der Waals surface area contributed by atoms with Crippen LogP contribution in [0.25, 0.3) is 11.0 Å². The highest BCUT2D eigenvalue weighted by Gasteiger charge is 2.23. The van der Waals surface area contributed by atoms with Crippen molar-refractivity contribution >= 4 is 48.6 Å². The smallest absolute Gasteiger partial charge is 0.341 e. The van der Waals surface area contributed by atoms with Gasteiger partial charge in [-0.1, -0.05) is 21.1 Å². The molecule has 1 aromatic heterocycles. The van der Waals surface area contributed by atoms with Gasteiger partial charge in [0.1, 0.15) is 16.4 Å². The first-order valence-electron chi connectivity index (χ1n) is 7.82. The molecule has 1 heterocycles. The number of carboxylic acid groups (broad SMARTS) is 1. The van der Waals surface area contributed by atoms with E-state index in [1.807, 2.05) is 0 Å². The number of halogens is 1. The maximum absolute atomic E-state index is 13.0. The molecule has 148 valence electrons. The third kappa shape index (κ3) is 4.04. The number of benzene rings is 2. The van der Waals surface area contributed by atoms with Gasteiger partial charge in [-0.15, -0.1) is 0 Å². The molecule has 0 atom stereocenters. The molecule has 2 N–H and O–H groups in total. The number of nitrogens with one attached hydrogen (secondary N) is 1. The molecule has 0 fully saturated rings. The van der Waals surface area contributed by atoms with E-state index in [0.717, 1.165) is 0 Å². The number of anilines is 1. The van der Waals surface area contributed by atoms with Gasteiger partial charge in [0.15, 0.2) is 12.2 Å². The third-order valence-corrected chi connectivity index (χ3v) is 5.64. The second-order valence-corrected chi connectivity index (χ2v) is 8.26. The van der Waals surface area contributed by atoms with Crippen LogP contribution in [0, 0.1) is 6.92 Å². The number of nitrogens with zero attached hydrogens (tertiary/aromatic N) is 1. The van der Waals surface area contributed by atoms with Crippen LogP contribution in [0.15, 0.2) is 44.2 Å². The van der Waals surface area contributed by atoms with Crippen molar-refractivity contribution in [2.45, 2.75) is 11.8 Å². The van der Waals surface area contributed by atoms with Crippen LogP contribution in [0.2, 0.25) is 0 Å². The number of ether oxygens (including phenoxy) is 2. The van der Waals surface area contributed by atoms with Crippen molar-refractivity contribution in [3.8, 4) is 11.5 Å². The van der Waals surface area contributed by atoms with Gasteiger partial charge >= 0.3 is 5.97 Å². The number of rotatable bonds is 7. The highest BCUT2D eigenvalue weighted by Crippen LogP contribution is 2.35. The van der Waals surface area contributed by atoms with Crippen LogP contribution in [-0.4, -0.2) is 38.4 Å². The average Bonchev–Trinajstić information content (AvgIpc) is 2.99. The Morgan fingerprint density at radius 1 is 1.29 bits per heavy atom. The lowest BCUT2D eigenvalue weighted by molar-refractivity contribution is -0.139. The summed E-state index contributed by atoms with van der Waals surface area (Å²) in [5.74, 6) is -1.08. The van der Waals surface area contributed by atoms with Crippen LogP contribution in [-0.2, 0) is 14.8 Å². The molecule has 3 aromatic rings. The molecule has 2 aromatic carbocycles. The van der Waals surface area contributed by atoms with E-state index in [0.29, 0.717) is 21.1 Å². The second kappa shape index (κ2) is 7.68. The minimum atomic E-state index is -4.09. The molecule has 3 rings (SSSR count). The summed E-state index contributed by atoms with van der Waals surface area (Å²) in [5, 5.41) is 13.2. The first-order valence-corrected chi connectivity index (χ1v) is 10.1. The summed E-state index contributed by atoms with van der Waals surface area (Å²) >= 11 is 3.24. The van der Waals surface area contributed by atoms with E-state index >= 15 is 0 Å². The van der Waals surface area contributed by atoms with Gasteiger partial charge in [0, 0.05) is 15.9 Å². The maximum atomic E-state index is 13.0. The molecule has 0 aliphatic rings. The summed E-state index contributed by atoms with van der Waals surface area (Å²) in [6.45, 7) is 1.03. The van der Waals surface area contributed by atoms with Crippen molar-refractivity contribution in [3.05, 3.63) is 40.5 Å². The predicted molar refractivity (Wildman–Crippen MR) is 103 cm³/mol. The fourth-order valence-electron chi connectivity index (χ4n) is 2.49. The molecular weight excluding hydrogens is 456 g/mol. The first-order chi connectivity index (χ1) is 13.2. The molecule has 9 nitrogen and oxygen atoms in total. The third-order valence-electron chi connectivity index (χ3n) is 3.76. The number of methoxy groups -OCH3 is 1. The number of hydrogen-bond acceptors (Lipinski definition) is 7.